The van der Waals surface area contributed by atoms with Crippen LogP contribution in [0, 0.1) is 5.92 Å². The zero-order valence-electron chi connectivity index (χ0n) is 10.8. The van der Waals surface area contributed by atoms with Crippen molar-refractivity contribution in [3.63, 3.8) is 0 Å². The molecule has 6 nitrogen and oxygen atoms in total. The molecule has 1 fully saturated rings. The average molecular weight is 242 g/mol. The number of nitrogens with zero attached hydrogens (tertiary/aromatic N) is 2. The van der Waals surface area contributed by atoms with Crippen molar-refractivity contribution in [1.29, 1.82) is 0 Å². The Kier molecular flexibility index (Phi) is 5.06. The first-order valence-electron chi connectivity index (χ1n) is 5.92. The molecule has 1 rings (SSSR count). The lowest BCUT2D eigenvalue weighted by atomic mass is 10.2. The van der Waals surface area contributed by atoms with E-state index in [9.17, 15) is 4.79 Å². The molecule has 3 N–H and O–H groups in total. The highest BCUT2D eigenvalue weighted by molar-refractivity contribution is 5.78. The number of guanidine groups is 1. The summed E-state index contributed by atoms with van der Waals surface area (Å²) in [6.07, 6.45) is 0.474. The van der Waals surface area contributed by atoms with E-state index in [0.717, 1.165) is 19.5 Å². The molecule has 98 valence electrons. The van der Waals surface area contributed by atoms with Crippen molar-refractivity contribution in [2.24, 2.45) is 16.6 Å². The molecule has 0 aromatic rings. The highest BCUT2D eigenvalue weighted by Gasteiger charge is 2.25. The van der Waals surface area contributed by atoms with Gasteiger partial charge in [-0.25, -0.2) is 4.79 Å². The van der Waals surface area contributed by atoms with E-state index < -0.39 is 6.09 Å². The minimum atomic E-state index is -0.394. The number of ether oxygens (including phenoxy) is 1. The molecule has 1 aliphatic rings. The molecule has 1 amide bonds. The molecule has 0 aromatic heterocycles. The van der Waals surface area contributed by atoms with E-state index in [4.69, 9.17) is 5.73 Å². The van der Waals surface area contributed by atoms with Crippen LogP contribution in [0.15, 0.2) is 4.99 Å². The summed E-state index contributed by atoms with van der Waals surface area (Å²) in [5, 5.41) is 2.76. The maximum Gasteiger partial charge on any atom is 0.407 e. The second-order valence-corrected chi connectivity index (χ2v) is 4.66. The van der Waals surface area contributed by atoms with E-state index >= 15 is 0 Å². The minimum Gasteiger partial charge on any atom is -0.453 e. The third kappa shape index (κ3) is 4.50. The summed E-state index contributed by atoms with van der Waals surface area (Å²) in [6, 6.07) is 0.0928. The molecule has 0 aromatic carbocycles. The Morgan fingerprint density at radius 3 is 2.94 bits per heavy atom. The smallest absolute Gasteiger partial charge is 0.407 e. The Bertz CT molecular complexity index is 291. The third-order valence-corrected chi connectivity index (χ3v) is 2.64. The number of aliphatic imine (C=N–C) groups is 1. The molecule has 1 heterocycles. The van der Waals surface area contributed by atoms with Crippen LogP contribution in [0.2, 0.25) is 0 Å². The van der Waals surface area contributed by atoms with E-state index in [1.165, 1.54) is 7.11 Å². The van der Waals surface area contributed by atoms with Crippen LogP contribution in [0.3, 0.4) is 0 Å². The monoisotopic (exact) mass is 242 g/mol. The van der Waals surface area contributed by atoms with Crippen LogP contribution in [0.4, 0.5) is 4.79 Å². The molecule has 0 radical (unpaired) electrons. The Morgan fingerprint density at radius 2 is 2.35 bits per heavy atom. The number of methoxy groups -OCH3 is 1. The van der Waals surface area contributed by atoms with Crippen molar-refractivity contribution in [3.8, 4) is 0 Å². The van der Waals surface area contributed by atoms with Gasteiger partial charge in [0.25, 0.3) is 0 Å². The fourth-order valence-electron chi connectivity index (χ4n) is 1.69. The van der Waals surface area contributed by atoms with Crippen LogP contribution >= 0.6 is 0 Å². The molecular formula is C11H22N4O2. The highest BCUT2D eigenvalue weighted by Crippen LogP contribution is 2.09. The summed E-state index contributed by atoms with van der Waals surface area (Å²) in [5.74, 6) is 1.06. The minimum absolute atomic E-state index is 0.0928. The molecule has 0 bridgehead atoms. The van der Waals surface area contributed by atoms with Gasteiger partial charge in [-0.15, -0.1) is 0 Å². The second-order valence-electron chi connectivity index (χ2n) is 4.66. The number of hydrogen-bond donors (Lipinski definition) is 2. The highest BCUT2D eigenvalue weighted by atomic mass is 16.5. The Labute approximate surface area is 102 Å². The van der Waals surface area contributed by atoms with Crippen LogP contribution in [-0.2, 0) is 4.74 Å². The molecule has 1 aliphatic heterocycles. The van der Waals surface area contributed by atoms with E-state index in [1.807, 2.05) is 4.90 Å². The second kappa shape index (κ2) is 6.32. The summed E-state index contributed by atoms with van der Waals surface area (Å²) in [7, 11) is 1.36. The summed E-state index contributed by atoms with van der Waals surface area (Å²) in [6.45, 7) is 6.45. The quantitative estimate of drug-likeness (QED) is 0.554. The van der Waals surface area contributed by atoms with Crippen molar-refractivity contribution in [1.82, 2.24) is 10.2 Å². The molecule has 1 saturated heterocycles. The zero-order valence-corrected chi connectivity index (χ0v) is 10.8. The van der Waals surface area contributed by atoms with Crippen LogP contribution in [0.25, 0.3) is 0 Å². The number of nitrogens with two attached hydrogens (primary N) is 1. The SMILES string of the molecule is COC(=O)NC1CCN(C(N)=NCC(C)C)C1. The fourth-order valence-corrected chi connectivity index (χ4v) is 1.69. The summed E-state index contributed by atoms with van der Waals surface area (Å²) in [5.41, 5.74) is 5.88. The standard InChI is InChI=1S/C11H22N4O2/c1-8(2)6-13-10(12)15-5-4-9(7-15)14-11(16)17-3/h8-9H,4-7H2,1-3H3,(H2,12,13)(H,14,16). The van der Waals surface area contributed by atoms with Gasteiger partial charge in [0.05, 0.1) is 13.2 Å². The van der Waals surface area contributed by atoms with Gasteiger partial charge in [0.15, 0.2) is 5.96 Å². The number of nitrogens with one attached hydrogen (secondary N) is 1. The van der Waals surface area contributed by atoms with Crippen molar-refractivity contribution in [2.45, 2.75) is 26.3 Å². The third-order valence-electron chi connectivity index (χ3n) is 2.64. The average Bonchev–Trinajstić information content (AvgIpc) is 2.74. The van der Waals surface area contributed by atoms with Crippen LogP contribution in [0.1, 0.15) is 20.3 Å². The number of alkyl carbamates (subject to hydrolysis) is 1. The van der Waals surface area contributed by atoms with Gasteiger partial charge in [0.1, 0.15) is 0 Å². The van der Waals surface area contributed by atoms with E-state index in [1.54, 1.807) is 0 Å². The maximum atomic E-state index is 11.0. The van der Waals surface area contributed by atoms with Crippen molar-refractivity contribution < 1.29 is 9.53 Å². The Balaban J connectivity index is 2.39. The first-order chi connectivity index (χ1) is 8.02. The number of amides is 1. The number of hydrogen-bond acceptors (Lipinski definition) is 3. The lowest BCUT2D eigenvalue weighted by Crippen LogP contribution is -2.41. The number of likely N-dealkylation sites (tertiary alicyclic amines) is 1. The lowest BCUT2D eigenvalue weighted by molar-refractivity contribution is 0.167. The molecule has 0 aliphatic carbocycles. The van der Waals surface area contributed by atoms with Gasteiger partial charge in [-0.05, 0) is 12.3 Å². The van der Waals surface area contributed by atoms with E-state index in [0.29, 0.717) is 18.4 Å². The summed E-state index contributed by atoms with van der Waals surface area (Å²) >= 11 is 0. The van der Waals surface area contributed by atoms with Crippen LogP contribution < -0.4 is 11.1 Å². The first kappa shape index (κ1) is 13.6. The van der Waals surface area contributed by atoms with Gasteiger partial charge in [0, 0.05) is 19.6 Å². The van der Waals surface area contributed by atoms with Gasteiger partial charge in [-0.2, -0.15) is 0 Å². The van der Waals surface area contributed by atoms with Crippen molar-refractivity contribution in [2.75, 3.05) is 26.7 Å². The first-order valence-corrected chi connectivity index (χ1v) is 5.92. The number of rotatable bonds is 3. The predicted molar refractivity (Wildman–Crippen MR) is 66.8 cm³/mol. The normalized spacial score (nSPS) is 20.8. The van der Waals surface area contributed by atoms with Crippen LogP contribution in [-0.4, -0.2) is 49.7 Å². The molecule has 0 spiro atoms. The van der Waals surface area contributed by atoms with Gasteiger partial charge >= 0.3 is 6.09 Å². The zero-order chi connectivity index (χ0) is 12.8. The van der Waals surface area contributed by atoms with Crippen molar-refractivity contribution >= 4 is 12.1 Å². The van der Waals surface area contributed by atoms with E-state index in [-0.39, 0.29) is 6.04 Å². The maximum absolute atomic E-state index is 11.0. The molecule has 0 saturated carbocycles. The van der Waals surface area contributed by atoms with Gasteiger partial charge in [-0.1, -0.05) is 13.8 Å². The Morgan fingerprint density at radius 1 is 1.65 bits per heavy atom. The summed E-state index contributed by atoms with van der Waals surface area (Å²) in [4.78, 5) is 17.4. The van der Waals surface area contributed by atoms with Gasteiger partial charge in [-0.3, -0.25) is 4.99 Å². The molecule has 1 atom stereocenters. The number of carbonyl (C=O) groups is 1. The fraction of sp³-hybridized carbons (Fsp3) is 0.818. The van der Waals surface area contributed by atoms with Crippen molar-refractivity contribution in [3.05, 3.63) is 0 Å². The van der Waals surface area contributed by atoms with E-state index in [2.05, 4.69) is 28.9 Å². The molecule has 6 heteroatoms. The molecule has 17 heavy (non-hydrogen) atoms. The Hall–Kier alpha value is -1.46. The molecule has 1 unspecified atom stereocenters. The summed E-state index contributed by atoms with van der Waals surface area (Å²) < 4.78 is 4.56. The van der Waals surface area contributed by atoms with Gasteiger partial charge < -0.3 is 20.7 Å². The lowest BCUT2D eigenvalue weighted by Gasteiger charge is -2.18. The number of carbonyl (C=O) groups excluding carboxylic acids is 1. The van der Waals surface area contributed by atoms with Crippen LogP contribution in [0.5, 0.6) is 0 Å². The molecular weight excluding hydrogens is 220 g/mol. The predicted octanol–water partition coefficient (Wildman–Crippen LogP) is 0.387. The largest absolute Gasteiger partial charge is 0.453 e. The topological polar surface area (TPSA) is 80.0 Å². The van der Waals surface area contributed by atoms with Gasteiger partial charge in [0.2, 0.25) is 0 Å².